The molecule has 2 amide bonds. The molecule has 8 heterocycles. The molecule has 14 rings (SSSR count). The highest BCUT2D eigenvalue weighted by Crippen LogP contribution is 2.39. The van der Waals surface area contributed by atoms with Crippen LogP contribution in [-0.2, 0) is 46.2 Å². The number of hydrogen-bond donors (Lipinski definition) is 1. The highest BCUT2D eigenvalue weighted by atomic mass is 28.4. The van der Waals surface area contributed by atoms with Crippen LogP contribution in [0.1, 0.15) is 108 Å². The zero-order valence-corrected chi connectivity index (χ0v) is 65.0. The summed E-state index contributed by atoms with van der Waals surface area (Å²) in [7, 11) is -3.07. The zero-order valence-electron chi connectivity index (χ0n) is 64.0. The highest BCUT2D eigenvalue weighted by Gasteiger charge is 2.51. The van der Waals surface area contributed by atoms with E-state index in [0.717, 1.165) is 92.3 Å². The molecule has 21 heteroatoms. The number of hydrogen-bond acceptors (Lipinski definition) is 16. The van der Waals surface area contributed by atoms with E-state index >= 15 is 0 Å². The van der Waals surface area contributed by atoms with Crippen LogP contribution in [0.2, 0.25) is 5.04 Å². The first-order chi connectivity index (χ1) is 52.9. The number of aliphatic hydroxyl groups is 1. The van der Waals surface area contributed by atoms with Crippen LogP contribution in [-0.4, -0.2) is 192 Å². The summed E-state index contributed by atoms with van der Waals surface area (Å²) in [6.45, 7) is 23.6. The van der Waals surface area contributed by atoms with Gasteiger partial charge >= 0.3 is 24.1 Å². The Morgan fingerprint density at radius 1 is 0.459 bits per heavy atom. The maximum Gasteiger partial charge on any atom is 0.410 e. The minimum atomic E-state index is -3.07. The predicted octanol–water partition coefficient (Wildman–Crippen LogP) is 13.5. The van der Waals surface area contributed by atoms with Crippen molar-refractivity contribution < 1.29 is 47.7 Å². The molecular formula is C88H104N10O10Si. The molecule has 4 aromatic heterocycles. The Morgan fingerprint density at radius 2 is 0.826 bits per heavy atom. The third-order valence-corrected chi connectivity index (χ3v) is 27.2. The standard InChI is InChI=1S/C52H61N5O5Si.C36H43N5O5/c1-39(2)54-29-26-43(27-30-54)41-21-23-42(24-22-41)44-35-48-47(25-28-53-57(48)36-44)55-31-33-56(34-32-55)51(59)62-49(50(58)60-37-40-15-9-6-10-16-40)38-61-63(52(3,4)5,45-17-11-7-12-18-45)46-19-13-8-14-20-46;1-26(2)38-16-13-30(14-17-38)28-8-10-29(11-9-28)31-22-33-32(12-15-37-41(33)23-31)39-18-20-40(21-19-39)36(44)46-34(24-42)35(43)45-25-27-6-4-3-5-7-27/h6-25,28,35-36,39,43,49H,26-27,29-34,37-38H2,1-5H3;3-12,15,22-23,26,30,34,42H,13-14,16-21,24-25H2,1-2H3. The number of esters is 2. The van der Waals surface area contributed by atoms with Gasteiger partial charge in [-0.1, -0.05) is 191 Å². The average Bonchev–Trinajstić information content (AvgIpc) is 1.41. The molecule has 6 aromatic carbocycles. The second-order valence-corrected chi connectivity index (χ2v) is 34.9. The number of benzene rings is 6. The molecule has 0 bridgehead atoms. The van der Waals surface area contributed by atoms with Crippen molar-refractivity contribution >= 4 is 65.2 Å². The molecular weight excluding hydrogens is 1390 g/mol. The topological polar surface area (TPSA) is 189 Å². The number of likely N-dealkylation sites (tertiary alicyclic amines) is 2. The van der Waals surface area contributed by atoms with Crippen LogP contribution >= 0.6 is 0 Å². The summed E-state index contributed by atoms with van der Waals surface area (Å²) in [5.74, 6) is -0.200. The highest BCUT2D eigenvalue weighted by molar-refractivity contribution is 6.99. The predicted molar refractivity (Wildman–Crippen MR) is 430 cm³/mol. The Balaban J connectivity index is 0.000000201. The van der Waals surface area contributed by atoms with Gasteiger partial charge in [-0.2, -0.15) is 10.2 Å². The first-order valence-corrected chi connectivity index (χ1v) is 40.6. The summed E-state index contributed by atoms with van der Waals surface area (Å²) in [5.41, 5.74) is 13.1. The number of carbonyl (C=O) groups excluding carboxylic acids is 4. The van der Waals surface area contributed by atoms with E-state index in [0.29, 0.717) is 76.3 Å². The molecule has 0 radical (unpaired) electrons. The van der Waals surface area contributed by atoms with Crippen molar-refractivity contribution in [3.05, 3.63) is 241 Å². The second-order valence-electron chi connectivity index (χ2n) is 30.6. The van der Waals surface area contributed by atoms with E-state index in [2.05, 4.69) is 176 Å². The first-order valence-electron chi connectivity index (χ1n) is 38.7. The SMILES string of the molecule is CC(C)N1CCC(c2ccc(-c3cc4c(N5CCN(C(=O)OC(CO)C(=O)OCc6ccccc6)CC5)ccnn4c3)cc2)CC1.CC(C)N1CCC(c2ccc(-c3cc4c(N5CCN(C(=O)OC(CO[Si](c6ccccc6)(c6ccccc6)C(C)(C)C)C(=O)OCc6ccccc6)CC5)ccnn4c3)cc2)CC1. The molecule has 570 valence electrons. The van der Waals surface area contributed by atoms with E-state index in [9.17, 15) is 24.3 Å². The quantitative estimate of drug-likeness (QED) is 0.0383. The van der Waals surface area contributed by atoms with Gasteiger partial charge in [0.15, 0.2) is 0 Å². The average molecular weight is 1490 g/mol. The Bertz CT molecular complexity index is 4570. The van der Waals surface area contributed by atoms with Gasteiger partial charge < -0.3 is 57.9 Å². The lowest BCUT2D eigenvalue weighted by atomic mass is 9.88. The maximum absolute atomic E-state index is 14.0. The summed E-state index contributed by atoms with van der Waals surface area (Å²) >= 11 is 0. The molecule has 109 heavy (non-hydrogen) atoms. The van der Waals surface area contributed by atoms with E-state index in [1.807, 2.05) is 124 Å². The zero-order chi connectivity index (χ0) is 76.0. The number of piperazine rings is 2. The van der Waals surface area contributed by atoms with E-state index in [4.69, 9.17) is 23.4 Å². The molecule has 0 saturated carbocycles. The van der Waals surface area contributed by atoms with Gasteiger partial charge in [0, 0.05) is 100 Å². The number of rotatable bonds is 22. The number of ether oxygens (including phenoxy) is 4. The molecule has 4 saturated heterocycles. The van der Waals surface area contributed by atoms with Gasteiger partial charge in [0.05, 0.1) is 35.6 Å². The molecule has 2 atom stereocenters. The van der Waals surface area contributed by atoms with Crippen molar-refractivity contribution in [1.29, 1.82) is 0 Å². The van der Waals surface area contributed by atoms with Crippen LogP contribution in [0, 0.1) is 0 Å². The Morgan fingerprint density at radius 3 is 1.19 bits per heavy atom. The van der Waals surface area contributed by atoms with E-state index in [1.54, 1.807) is 16.0 Å². The maximum atomic E-state index is 14.0. The summed E-state index contributed by atoms with van der Waals surface area (Å²) in [6, 6.07) is 66.9. The van der Waals surface area contributed by atoms with Crippen LogP contribution in [0.5, 0.6) is 0 Å². The van der Waals surface area contributed by atoms with E-state index < -0.39 is 51.3 Å². The molecule has 2 unspecified atom stereocenters. The van der Waals surface area contributed by atoms with Crippen LogP contribution in [0.3, 0.4) is 0 Å². The largest absolute Gasteiger partial charge is 0.458 e. The lowest BCUT2D eigenvalue weighted by Crippen LogP contribution is -2.67. The minimum Gasteiger partial charge on any atom is -0.458 e. The first kappa shape index (κ1) is 77.0. The molecule has 4 aliphatic rings. The molecule has 1 N–H and O–H groups in total. The van der Waals surface area contributed by atoms with Crippen molar-refractivity contribution in [3.63, 3.8) is 0 Å². The van der Waals surface area contributed by atoms with Crippen LogP contribution in [0.15, 0.2) is 219 Å². The third kappa shape index (κ3) is 18.4. The number of anilines is 2. The van der Waals surface area contributed by atoms with Crippen LogP contribution in [0.25, 0.3) is 33.3 Å². The van der Waals surface area contributed by atoms with E-state index in [-0.39, 0.29) is 24.9 Å². The lowest BCUT2D eigenvalue weighted by Gasteiger charge is -2.43. The summed E-state index contributed by atoms with van der Waals surface area (Å²) in [6.07, 6.45) is 8.72. The molecule has 4 fully saturated rings. The van der Waals surface area contributed by atoms with Crippen molar-refractivity contribution in [2.75, 3.05) is 102 Å². The molecule has 20 nitrogen and oxygen atoms in total. The number of amides is 2. The van der Waals surface area contributed by atoms with Crippen molar-refractivity contribution in [1.82, 2.24) is 38.8 Å². The number of piperidine rings is 2. The summed E-state index contributed by atoms with van der Waals surface area (Å²) in [5, 5.41) is 20.7. The minimum absolute atomic E-state index is 0.0392. The normalized spacial score (nSPS) is 16.4. The fourth-order valence-electron chi connectivity index (χ4n) is 15.8. The van der Waals surface area contributed by atoms with Gasteiger partial charge in [-0.3, -0.25) is 0 Å². The van der Waals surface area contributed by atoms with Crippen LogP contribution in [0.4, 0.5) is 21.0 Å². The smallest absolute Gasteiger partial charge is 0.410 e. The number of aliphatic hydroxyl groups excluding tert-OH is 1. The monoisotopic (exact) mass is 1490 g/mol. The fraction of sp³-hybridized carbons (Fsp3) is 0.386. The fourth-order valence-corrected chi connectivity index (χ4v) is 20.4. The van der Waals surface area contributed by atoms with Gasteiger partial charge in [0.2, 0.25) is 12.2 Å². The van der Waals surface area contributed by atoms with E-state index in [1.165, 1.54) is 36.8 Å². The Kier molecular flexibility index (Phi) is 25.1. The number of aromatic nitrogens is 4. The van der Waals surface area contributed by atoms with Gasteiger partial charge in [-0.05, 0) is 164 Å². The molecule has 10 aromatic rings. The second kappa shape index (κ2) is 35.5. The van der Waals surface area contributed by atoms with Crippen molar-refractivity contribution in [3.8, 4) is 22.3 Å². The third-order valence-electron chi connectivity index (χ3n) is 22.2. The number of carbonyl (C=O) groups is 4. The summed E-state index contributed by atoms with van der Waals surface area (Å²) in [4.78, 5) is 66.2. The Hall–Kier alpha value is -10.2. The lowest BCUT2D eigenvalue weighted by molar-refractivity contribution is -0.158. The number of fused-ring (bicyclic) bond motifs is 2. The summed E-state index contributed by atoms with van der Waals surface area (Å²) < 4.78 is 33.5. The molecule has 4 aliphatic heterocycles. The van der Waals surface area contributed by atoms with Crippen molar-refractivity contribution in [2.24, 2.45) is 0 Å². The van der Waals surface area contributed by atoms with Gasteiger partial charge in [0.25, 0.3) is 8.32 Å². The van der Waals surface area contributed by atoms with Gasteiger partial charge in [0.1, 0.15) is 13.2 Å². The molecule has 0 spiro atoms. The van der Waals surface area contributed by atoms with Gasteiger partial charge in [-0.25, -0.2) is 28.2 Å². The number of nitrogens with zero attached hydrogens (tertiary/aromatic N) is 10. The van der Waals surface area contributed by atoms with Crippen LogP contribution < -0.4 is 20.2 Å². The van der Waals surface area contributed by atoms with Crippen molar-refractivity contribution in [2.45, 2.75) is 129 Å². The Labute approximate surface area is 641 Å². The van der Waals surface area contributed by atoms with Gasteiger partial charge in [-0.15, -0.1) is 0 Å². The molecule has 0 aliphatic carbocycles.